The molecule has 1 aromatic carbocycles. The van der Waals surface area contributed by atoms with E-state index < -0.39 is 0 Å². The van der Waals surface area contributed by atoms with E-state index in [2.05, 4.69) is 26.9 Å². The van der Waals surface area contributed by atoms with Gasteiger partial charge in [-0.1, -0.05) is 6.92 Å². The van der Waals surface area contributed by atoms with Gasteiger partial charge in [-0.15, -0.1) is 0 Å². The van der Waals surface area contributed by atoms with Crippen molar-refractivity contribution in [2.24, 2.45) is 0 Å². The molecule has 0 aliphatic rings. The lowest BCUT2D eigenvalue weighted by atomic mass is 10.2. The molecule has 24 heavy (non-hydrogen) atoms. The van der Waals surface area contributed by atoms with Crippen molar-refractivity contribution in [1.29, 1.82) is 0 Å². The quantitative estimate of drug-likeness (QED) is 0.776. The van der Waals surface area contributed by atoms with Crippen LogP contribution in [0.25, 0.3) is 11.0 Å². The third-order valence-electron chi connectivity index (χ3n) is 4.04. The zero-order valence-electron chi connectivity index (χ0n) is 14.6. The van der Waals surface area contributed by atoms with Gasteiger partial charge in [-0.2, -0.15) is 5.10 Å². The van der Waals surface area contributed by atoms with E-state index in [9.17, 15) is 4.79 Å². The molecule has 0 bridgehead atoms. The molecule has 0 aliphatic carbocycles. The molecule has 1 amide bonds. The predicted molar refractivity (Wildman–Crippen MR) is 95.3 cm³/mol. The maximum Gasteiger partial charge on any atom is 0.258 e. The molecule has 2 heterocycles. The minimum atomic E-state index is -0.161. The molecule has 0 unspecified atom stereocenters. The van der Waals surface area contributed by atoms with Gasteiger partial charge in [0.25, 0.3) is 5.91 Å². The van der Waals surface area contributed by atoms with Gasteiger partial charge in [-0.25, -0.2) is 4.98 Å². The molecule has 0 saturated carbocycles. The average molecular weight is 325 g/mol. The third kappa shape index (κ3) is 3.04. The van der Waals surface area contributed by atoms with Gasteiger partial charge in [0.1, 0.15) is 5.82 Å². The number of aryl methyl sites for hydroxylation is 2. The smallest absolute Gasteiger partial charge is 0.258 e. The number of nitrogens with zero attached hydrogens (tertiary/aromatic N) is 4. The molecule has 2 aromatic heterocycles. The number of amides is 1. The SMILES string of the molecule is CCCn1c(C)nc2cc(NC(=O)c3cnn(C(C)C)c3)ccc21. The molecular weight excluding hydrogens is 302 g/mol. The molecular formula is C18H23N5O. The van der Waals surface area contributed by atoms with Crippen LogP contribution in [0.15, 0.2) is 30.6 Å². The van der Waals surface area contributed by atoms with Crippen LogP contribution in [0, 0.1) is 6.92 Å². The lowest BCUT2D eigenvalue weighted by Crippen LogP contribution is -2.11. The van der Waals surface area contributed by atoms with Crippen LogP contribution in [0.3, 0.4) is 0 Å². The Bertz CT molecular complexity index is 875. The summed E-state index contributed by atoms with van der Waals surface area (Å²) < 4.78 is 3.97. The van der Waals surface area contributed by atoms with Crippen molar-refractivity contribution in [2.45, 2.75) is 46.7 Å². The van der Waals surface area contributed by atoms with Crippen molar-refractivity contribution in [3.8, 4) is 0 Å². The summed E-state index contributed by atoms with van der Waals surface area (Å²) in [7, 11) is 0. The predicted octanol–water partition coefficient (Wildman–Crippen LogP) is 3.78. The fourth-order valence-electron chi connectivity index (χ4n) is 2.77. The van der Waals surface area contributed by atoms with Gasteiger partial charge >= 0.3 is 0 Å². The number of fused-ring (bicyclic) bond motifs is 1. The Balaban J connectivity index is 1.83. The van der Waals surface area contributed by atoms with Crippen molar-refractivity contribution in [2.75, 3.05) is 5.32 Å². The number of nitrogens with one attached hydrogen (secondary N) is 1. The van der Waals surface area contributed by atoms with Crippen LogP contribution < -0.4 is 5.32 Å². The Hall–Kier alpha value is -2.63. The summed E-state index contributed by atoms with van der Waals surface area (Å²) in [6.07, 6.45) is 4.41. The van der Waals surface area contributed by atoms with Crippen molar-refractivity contribution in [3.05, 3.63) is 42.0 Å². The van der Waals surface area contributed by atoms with Crippen LogP contribution in [0.2, 0.25) is 0 Å². The summed E-state index contributed by atoms with van der Waals surface area (Å²) in [4.78, 5) is 17.0. The number of benzene rings is 1. The zero-order valence-corrected chi connectivity index (χ0v) is 14.6. The number of carbonyl (C=O) groups excluding carboxylic acids is 1. The van der Waals surface area contributed by atoms with E-state index in [4.69, 9.17) is 0 Å². The first kappa shape index (κ1) is 16.2. The Morgan fingerprint density at radius 1 is 1.33 bits per heavy atom. The first-order chi connectivity index (χ1) is 11.5. The highest BCUT2D eigenvalue weighted by atomic mass is 16.1. The first-order valence-electron chi connectivity index (χ1n) is 8.32. The van der Waals surface area contributed by atoms with Gasteiger partial charge in [-0.05, 0) is 45.4 Å². The van der Waals surface area contributed by atoms with Gasteiger partial charge < -0.3 is 9.88 Å². The van der Waals surface area contributed by atoms with E-state index in [0.29, 0.717) is 5.56 Å². The number of imidazole rings is 1. The molecule has 6 heteroatoms. The third-order valence-corrected chi connectivity index (χ3v) is 4.04. The van der Waals surface area contributed by atoms with E-state index >= 15 is 0 Å². The molecule has 0 fully saturated rings. The van der Waals surface area contributed by atoms with Crippen molar-refractivity contribution >= 4 is 22.6 Å². The summed E-state index contributed by atoms with van der Waals surface area (Å²) >= 11 is 0. The molecule has 3 rings (SSSR count). The minimum absolute atomic E-state index is 0.161. The van der Waals surface area contributed by atoms with E-state index in [0.717, 1.165) is 35.5 Å². The number of carbonyl (C=O) groups is 1. The topological polar surface area (TPSA) is 64.7 Å². The molecule has 0 saturated heterocycles. The maximum absolute atomic E-state index is 12.4. The van der Waals surface area contributed by atoms with Crippen molar-refractivity contribution in [1.82, 2.24) is 19.3 Å². The summed E-state index contributed by atoms with van der Waals surface area (Å²) in [5.41, 5.74) is 3.29. The largest absolute Gasteiger partial charge is 0.328 e. The van der Waals surface area contributed by atoms with Crippen LogP contribution in [0.4, 0.5) is 5.69 Å². The number of aromatic nitrogens is 4. The highest BCUT2D eigenvalue weighted by Gasteiger charge is 2.12. The van der Waals surface area contributed by atoms with Gasteiger partial charge in [-0.3, -0.25) is 9.48 Å². The van der Waals surface area contributed by atoms with E-state index in [1.165, 1.54) is 0 Å². The molecule has 3 aromatic rings. The summed E-state index contributed by atoms with van der Waals surface area (Å²) in [5.74, 6) is 0.833. The molecule has 0 radical (unpaired) electrons. The maximum atomic E-state index is 12.4. The molecule has 0 atom stereocenters. The van der Waals surface area contributed by atoms with Crippen LogP contribution >= 0.6 is 0 Å². The Morgan fingerprint density at radius 3 is 2.79 bits per heavy atom. The van der Waals surface area contributed by atoms with Gasteiger partial charge in [0.05, 0.1) is 22.8 Å². The van der Waals surface area contributed by atoms with Crippen LogP contribution in [-0.2, 0) is 6.54 Å². The van der Waals surface area contributed by atoms with Crippen LogP contribution in [0.1, 0.15) is 49.4 Å². The second-order valence-electron chi connectivity index (χ2n) is 6.27. The molecule has 6 nitrogen and oxygen atoms in total. The van der Waals surface area contributed by atoms with Gasteiger partial charge in [0.15, 0.2) is 0 Å². The van der Waals surface area contributed by atoms with Crippen molar-refractivity contribution in [3.63, 3.8) is 0 Å². The number of anilines is 1. The summed E-state index contributed by atoms with van der Waals surface area (Å²) in [6, 6.07) is 6.08. The summed E-state index contributed by atoms with van der Waals surface area (Å²) in [5, 5.41) is 7.13. The average Bonchev–Trinajstić information content (AvgIpc) is 3.13. The number of hydrogen-bond acceptors (Lipinski definition) is 3. The second kappa shape index (κ2) is 6.47. The molecule has 126 valence electrons. The first-order valence-corrected chi connectivity index (χ1v) is 8.32. The summed E-state index contributed by atoms with van der Waals surface area (Å²) in [6.45, 7) is 9.16. The van der Waals surface area contributed by atoms with Crippen molar-refractivity contribution < 1.29 is 4.79 Å². The van der Waals surface area contributed by atoms with Crippen LogP contribution in [-0.4, -0.2) is 25.2 Å². The fraction of sp³-hybridized carbons (Fsp3) is 0.389. The highest BCUT2D eigenvalue weighted by molar-refractivity contribution is 6.04. The monoisotopic (exact) mass is 325 g/mol. The lowest BCUT2D eigenvalue weighted by Gasteiger charge is -2.06. The minimum Gasteiger partial charge on any atom is -0.328 e. The van der Waals surface area contributed by atoms with E-state index in [1.54, 1.807) is 17.1 Å². The number of rotatable bonds is 5. The Kier molecular flexibility index (Phi) is 4.38. The fourth-order valence-corrected chi connectivity index (χ4v) is 2.77. The molecule has 0 aliphatic heterocycles. The molecule has 1 N–H and O–H groups in total. The standard InChI is InChI=1S/C18H23N5O/c1-5-8-22-13(4)20-16-9-15(6-7-17(16)22)21-18(24)14-10-19-23(11-14)12(2)3/h6-7,9-12H,5,8H2,1-4H3,(H,21,24). The lowest BCUT2D eigenvalue weighted by molar-refractivity contribution is 0.102. The second-order valence-corrected chi connectivity index (χ2v) is 6.27. The highest BCUT2D eigenvalue weighted by Crippen LogP contribution is 2.21. The Morgan fingerprint density at radius 2 is 2.12 bits per heavy atom. The van der Waals surface area contributed by atoms with Gasteiger partial charge in [0, 0.05) is 24.5 Å². The number of hydrogen-bond donors (Lipinski definition) is 1. The molecule has 0 spiro atoms. The Labute approximate surface area is 141 Å². The zero-order chi connectivity index (χ0) is 17.3. The van der Waals surface area contributed by atoms with E-state index in [-0.39, 0.29) is 11.9 Å². The van der Waals surface area contributed by atoms with E-state index in [1.807, 2.05) is 39.0 Å². The normalized spacial score (nSPS) is 11.4. The van der Waals surface area contributed by atoms with Gasteiger partial charge in [0.2, 0.25) is 0 Å². The van der Waals surface area contributed by atoms with Crippen LogP contribution in [0.5, 0.6) is 0 Å².